The van der Waals surface area contributed by atoms with Crippen LogP contribution in [-0.4, -0.2) is 52.7 Å². The van der Waals surface area contributed by atoms with Crippen LogP contribution >= 0.6 is 23.5 Å². The summed E-state index contributed by atoms with van der Waals surface area (Å²) in [6.45, 7) is 5.05. The lowest BCUT2D eigenvalue weighted by molar-refractivity contribution is -0.936. The standard InChI is InChI=1S/C40H50N5S2.BrH/c1-29-31(43-33-21-13-15-23-35(33)46-37-25-17-27-41-39(37)43)19-11-9-7-5-6-8-10-12-20-32(30(2)45(29,3)4)44-34-22-14-16-24-36(34)47-38-26-18-28-42-40(38)44;/h13-18,21-32H,5-12,19-20H2,1-4H3;1H/q+1;/p-1. The maximum Gasteiger partial charge on any atom is 0.147 e. The van der Waals surface area contributed by atoms with E-state index in [1.807, 2.05) is 35.9 Å². The Kier molecular flexibility index (Phi) is 11.5. The number of rotatable bonds is 2. The maximum atomic E-state index is 5.06. The second-order valence-electron chi connectivity index (χ2n) is 14.2. The molecule has 0 radical (unpaired) electrons. The average molecular weight is 745 g/mol. The van der Waals surface area contributed by atoms with Crippen LogP contribution in [0.4, 0.5) is 23.0 Å². The normalized spacial score (nSPS) is 24.4. The molecule has 4 unspecified atom stereocenters. The summed E-state index contributed by atoms with van der Waals surface area (Å²) in [5.41, 5.74) is 2.62. The van der Waals surface area contributed by atoms with E-state index >= 15 is 0 Å². The van der Waals surface area contributed by atoms with E-state index in [1.165, 1.54) is 82.3 Å². The Balaban J connectivity index is 0.00000401. The summed E-state index contributed by atoms with van der Waals surface area (Å²) in [6.07, 6.45) is 16.7. The molecule has 0 aliphatic carbocycles. The van der Waals surface area contributed by atoms with Gasteiger partial charge < -0.3 is 31.3 Å². The highest BCUT2D eigenvalue weighted by atomic mass is 79.9. The van der Waals surface area contributed by atoms with Crippen LogP contribution in [-0.2, 0) is 0 Å². The van der Waals surface area contributed by atoms with Crippen LogP contribution in [0.1, 0.15) is 78.1 Å². The summed E-state index contributed by atoms with van der Waals surface area (Å²) in [4.78, 5) is 20.6. The number of halogens is 1. The Morgan fingerprint density at radius 2 is 0.917 bits per heavy atom. The molecule has 3 aliphatic rings. The van der Waals surface area contributed by atoms with Crippen LogP contribution in [0.2, 0.25) is 0 Å². The Morgan fingerprint density at radius 3 is 1.35 bits per heavy atom. The van der Waals surface area contributed by atoms with E-state index in [4.69, 9.17) is 9.97 Å². The molecular weight excluding hydrogens is 695 g/mol. The number of fused-ring (bicyclic) bond motifs is 4. The summed E-state index contributed by atoms with van der Waals surface area (Å²) < 4.78 is 0.914. The highest BCUT2D eigenvalue weighted by molar-refractivity contribution is 8.00. The summed E-state index contributed by atoms with van der Waals surface area (Å²) in [7, 11) is 5.00. The Bertz CT molecular complexity index is 1470. The number of benzene rings is 2. The molecule has 2 aromatic heterocycles. The van der Waals surface area contributed by atoms with Crippen molar-refractivity contribution in [3.63, 3.8) is 0 Å². The van der Waals surface area contributed by atoms with Gasteiger partial charge in [-0.05, 0) is 75.2 Å². The molecule has 8 heteroatoms. The van der Waals surface area contributed by atoms with Gasteiger partial charge in [0.2, 0.25) is 0 Å². The average Bonchev–Trinajstić information content (AvgIpc) is 3.10. The minimum atomic E-state index is 0. The molecule has 0 N–H and O–H groups in total. The zero-order valence-electron chi connectivity index (χ0n) is 28.9. The van der Waals surface area contributed by atoms with E-state index in [2.05, 4.69) is 111 Å². The minimum Gasteiger partial charge on any atom is -1.00 e. The number of quaternary nitrogens is 1. The summed E-state index contributed by atoms with van der Waals surface area (Å²) in [5.74, 6) is 2.24. The lowest BCUT2D eigenvalue weighted by atomic mass is 9.91. The van der Waals surface area contributed by atoms with Crippen molar-refractivity contribution in [1.29, 1.82) is 0 Å². The van der Waals surface area contributed by atoms with Gasteiger partial charge in [-0.25, -0.2) is 9.97 Å². The minimum absolute atomic E-state index is 0. The largest absolute Gasteiger partial charge is 1.00 e. The van der Waals surface area contributed by atoms with Crippen LogP contribution < -0.4 is 26.8 Å². The van der Waals surface area contributed by atoms with Gasteiger partial charge in [0, 0.05) is 22.2 Å². The fourth-order valence-corrected chi connectivity index (χ4v) is 10.2. The van der Waals surface area contributed by atoms with Gasteiger partial charge in [-0.1, -0.05) is 99.2 Å². The fraction of sp³-hybridized carbons (Fsp3) is 0.450. The third-order valence-electron chi connectivity index (χ3n) is 11.3. The van der Waals surface area contributed by atoms with E-state index in [-0.39, 0.29) is 17.0 Å². The number of aromatic nitrogens is 2. The van der Waals surface area contributed by atoms with Crippen molar-refractivity contribution in [3.05, 3.63) is 85.2 Å². The monoisotopic (exact) mass is 743 g/mol. The quantitative estimate of drug-likeness (QED) is 0.194. The smallest absolute Gasteiger partial charge is 0.147 e. The highest BCUT2D eigenvalue weighted by Gasteiger charge is 2.46. The molecule has 254 valence electrons. The Hall–Kier alpha value is -2.52. The van der Waals surface area contributed by atoms with Gasteiger partial charge in [-0.15, -0.1) is 0 Å². The number of hydrogen-bond donors (Lipinski definition) is 0. The Labute approximate surface area is 307 Å². The summed E-state index contributed by atoms with van der Waals surface area (Å²) >= 11 is 3.73. The fourth-order valence-electron chi connectivity index (χ4n) is 8.10. The highest BCUT2D eigenvalue weighted by Crippen LogP contribution is 2.51. The number of anilines is 4. The van der Waals surface area contributed by atoms with Crippen LogP contribution in [0, 0.1) is 0 Å². The van der Waals surface area contributed by atoms with Gasteiger partial charge in [-0.2, -0.15) is 0 Å². The zero-order valence-corrected chi connectivity index (χ0v) is 32.1. The SMILES string of the molecule is CC1C(N2c3ccccc3Sc3cccnc32)CCCCCCCCCCC(N2c3ccccc3Sc3cccnc32)C(C)[N+]1(C)C.[Br-]. The van der Waals surface area contributed by atoms with Crippen molar-refractivity contribution >= 4 is 46.5 Å². The molecule has 4 aromatic rings. The van der Waals surface area contributed by atoms with Crippen LogP contribution in [0.25, 0.3) is 0 Å². The number of pyridine rings is 2. The lowest BCUT2D eigenvalue weighted by Gasteiger charge is -2.52. The molecule has 48 heavy (non-hydrogen) atoms. The van der Waals surface area contributed by atoms with Gasteiger partial charge in [0.25, 0.3) is 0 Å². The van der Waals surface area contributed by atoms with Crippen molar-refractivity contribution in [3.8, 4) is 0 Å². The van der Waals surface area contributed by atoms with Crippen molar-refractivity contribution in [2.24, 2.45) is 0 Å². The van der Waals surface area contributed by atoms with Gasteiger partial charge in [-0.3, -0.25) is 0 Å². The van der Waals surface area contributed by atoms with E-state index < -0.39 is 0 Å². The first-order chi connectivity index (χ1) is 22.9. The zero-order chi connectivity index (χ0) is 32.4. The van der Waals surface area contributed by atoms with Crippen LogP contribution in [0.5, 0.6) is 0 Å². The van der Waals surface area contributed by atoms with E-state index in [0.717, 1.165) is 29.0 Å². The predicted octanol–water partition coefficient (Wildman–Crippen LogP) is 7.89. The number of likely N-dealkylation sites (N-methyl/N-ethyl adjacent to an activating group) is 1. The molecule has 0 amide bonds. The van der Waals surface area contributed by atoms with Gasteiger partial charge in [0.05, 0.1) is 47.3 Å². The molecule has 3 aliphatic heterocycles. The van der Waals surface area contributed by atoms with Gasteiger partial charge in [0.1, 0.15) is 23.7 Å². The maximum absolute atomic E-state index is 5.06. The second kappa shape index (κ2) is 15.6. The lowest BCUT2D eigenvalue weighted by Crippen LogP contribution is -3.00. The van der Waals surface area contributed by atoms with Crippen LogP contribution in [0.15, 0.2) is 105 Å². The second-order valence-corrected chi connectivity index (χ2v) is 16.3. The first-order valence-corrected chi connectivity index (χ1v) is 19.4. The number of para-hydroxylation sites is 2. The number of hydrogen-bond acceptors (Lipinski definition) is 6. The molecule has 7 rings (SSSR count). The van der Waals surface area contributed by atoms with E-state index in [1.54, 1.807) is 0 Å². The predicted molar refractivity (Wildman–Crippen MR) is 199 cm³/mol. The van der Waals surface area contributed by atoms with Crippen molar-refractivity contribution in [2.75, 3.05) is 23.9 Å². The molecular formula is C40H50BrN5S2. The summed E-state index contributed by atoms with van der Waals surface area (Å²) in [5, 5.41) is 0. The molecule has 0 spiro atoms. The van der Waals surface area contributed by atoms with Gasteiger partial charge in [0.15, 0.2) is 0 Å². The van der Waals surface area contributed by atoms with E-state index in [0.29, 0.717) is 24.2 Å². The molecule has 5 nitrogen and oxygen atoms in total. The van der Waals surface area contributed by atoms with Crippen molar-refractivity contribution < 1.29 is 21.5 Å². The third kappa shape index (κ3) is 6.92. The van der Waals surface area contributed by atoms with Crippen LogP contribution in [0.3, 0.4) is 0 Å². The first kappa shape index (κ1) is 35.3. The molecule has 1 fully saturated rings. The Morgan fingerprint density at radius 1 is 0.542 bits per heavy atom. The van der Waals surface area contributed by atoms with Gasteiger partial charge >= 0.3 is 0 Å². The molecule has 0 bridgehead atoms. The van der Waals surface area contributed by atoms with Crippen molar-refractivity contribution in [1.82, 2.24) is 9.97 Å². The van der Waals surface area contributed by atoms with Crippen molar-refractivity contribution in [2.45, 2.75) is 122 Å². The molecule has 0 saturated carbocycles. The first-order valence-electron chi connectivity index (χ1n) is 17.8. The molecule has 5 heterocycles. The summed E-state index contributed by atoms with van der Waals surface area (Å²) in [6, 6.07) is 28.0. The topological polar surface area (TPSA) is 32.3 Å². The number of nitrogens with zero attached hydrogens (tertiary/aromatic N) is 5. The molecule has 2 aromatic carbocycles. The third-order valence-corrected chi connectivity index (χ3v) is 13.5. The molecule has 1 saturated heterocycles. The molecule has 4 atom stereocenters. The van der Waals surface area contributed by atoms with E-state index in [9.17, 15) is 0 Å².